The summed E-state index contributed by atoms with van der Waals surface area (Å²) in [6, 6.07) is -0.616. The first-order chi connectivity index (χ1) is 6.40. The minimum absolute atomic E-state index is 0.0188. The van der Waals surface area contributed by atoms with Crippen LogP contribution in [0.1, 0.15) is 20.8 Å². The summed E-state index contributed by atoms with van der Waals surface area (Å²) in [5.74, 6) is -1.30. The van der Waals surface area contributed by atoms with E-state index in [-0.39, 0.29) is 18.4 Å². The van der Waals surface area contributed by atoms with E-state index in [0.717, 1.165) is 0 Å². The minimum atomic E-state index is -1.02. The fourth-order valence-electron chi connectivity index (χ4n) is 1.00. The zero-order valence-corrected chi connectivity index (χ0v) is 8.86. The number of rotatable bonds is 5. The molecule has 0 heterocycles. The van der Waals surface area contributed by atoms with E-state index >= 15 is 0 Å². The van der Waals surface area contributed by atoms with Crippen LogP contribution in [0.4, 0.5) is 0 Å². The summed E-state index contributed by atoms with van der Waals surface area (Å²) in [6.45, 7) is 5.48. The summed E-state index contributed by atoms with van der Waals surface area (Å²) in [6.07, 6.45) is 0. The van der Waals surface area contributed by atoms with E-state index in [0.29, 0.717) is 6.54 Å². The molecule has 3 N–H and O–H groups in total. The van der Waals surface area contributed by atoms with Gasteiger partial charge in [0, 0.05) is 6.54 Å². The molecule has 0 saturated heterocycles. The maximum Gasteiger partial charge on any atom is 0.323 e. The van der Waals surface area contributed by atoms with E-state index in [4.69, 9.17) is 10.8 Å². The van der Waals surface area contributed by atoms with Crippen LogP contribution >= 0.6 is 0 Å². The zero-order valence-electron chi connectivity index (χ0n) is 8.86. The number of likely N-dealkylation sites (N-methyl/N-ethyl adjacent to an activating group) is 1. The lowest BCUT2D eigenvalue weighted by Crippen LogP contribution is -2.48. The van der Waals surface area contributed by atoms with E-state index in [1.807, 2.05) is 13.8 Å². The number of nitrogens with zero attached hydrogens (tertiary/aromatic N) is 1. The molecule has 1 atom stereocenters. The second-order valence-electron chi connectivity index (χ2n) is 3.52. The fourth-order valence-corrected chi connectivity index (χ4v) is 1.00. The Kier molecular flexibility index (Phi) is 5.15. The zero-order chi connectivity index (χ0) is 11.3. The van der Waals surface area contributed by atoms with Crippen LogP contribution in [0, 0.1) is 5.92 Å². The molecule has 5 nitrogen and oxygen atoms in total. The van der Waals surface area contributed by atoms with Crippen molar-refractivity contribution in [1.82, 2.24) is 4.90 Å². The number of nitrogens with two attached hydrogens (primary N) is 1. The van der Waals surface area contributed by atoms with Crippen molar-refractivity contribution < 1.29 is 14.7 Å². The highest BCUT2D eigenvalue weighted by molar-refractivity contribution is 5.85. The van der Waals surface area contributed by atoms with Gasteiger partial charge in [-0.05, 0) is 12.8 Å². The summed E-state index contributed by atoms with van der Waals surface area (Å²) in [5, 5.41) is 8.55. The maximum absolute atomic E-state index is 11.6. The van der Waals surface area contributed by atoms with Crippen LogP contribution < -0.4 is 5.73 Å². The average Bonchev–Trinajstić information content (AvgIpc) is 2.11. The fraction of sp³-hybridized carbons (Fsp3) is 0.778. The number of hydrogen-bond acceptors (Lipinski definition) is 3. The molecule has 0 aromatic heterocycles. The predicted octanol–water partition coefficient (Wildman–Crippen LogP) is -0.0972. The number of carbonyl (C=O) groups excluding carboxylic acids is 1. The molecule has 1 amide bonds. The van der Waals surface area contributed by atoms with E-state index in [2.05, 4.69) is 0 Å². The summed E-state index contributed by atoms with van der Waals surface area (Å²) < 4.78 is 0. The van der Waals surface area contributed by atoms with Crippen LogP contribution in [0.25, 0.3) is 0 Å². The number of carboxylic acid groups (broad SMARTS) is 1. The minimum Gasteiger partial charge on any atom is -0.480 e. The van der Waals surface area contributed by atoms with Gasteiger partial charge in [-0.25, -0.2) is 0 Å². The van der Waals surface area contributed by atoms with Crippen molar-refractivity contribution in [3.63, 3.8) is 0 Å². The third-order valence-corrected chi connectivity index (χ3v) is 2.02. The smallest absolute Gasteiger partial charge is 0.323 e. The Bertz CT molecular complexity index is 216. The molecule has 0 aromatic carbocycles. The number of carboxylic acids is 1. The number of aliphatic carboxylic acids is 1. The first-order valence-electron chi connectivity index (χ1n) is 4.66. The van der Waals surface area contributed by atoms with E-state index < -0.39 is 12.0 Å². The highest BCUT2D eigenvalue weighted by Crippen LogP contribution is 2.03. The van der Waals surface area contributed by atoms with Gasteiger partial charge in [-0.3, -0.25) is 9.59 Å². The molecule has 0 radical (unpaired) electrons. The monoisotopic (exact) mass is 202 g/mol. The second kappa shape index (κ2) is 5.59. The molecule has 82 valence electrons. The van der Waals surface area contributed by atoms with Crippen molar-refractivity contribution in [2.75, 3.05) is 13.1 Å². The van der Waals surface area contributed by atoms with Crippen LogP contribution in [0.5, 0.6) is 0 Å². The Morgan fingerprint density at radius 2 is 1.93 bits per heavy atom. The Hall–Kier alpha value is -1.10. The Morgan fingerprint density at radius 3 is 2.21 bits per heavy atom. The van der Waals surface area contributed by atoms with Gasteiger partial charge in [0.2, 0.25) is 5.91 Å². The molecule has 0 aromatic rings. The van der Waals surface area contributed by atoms with Crippen molar-refractivity contribution in [3.8, 4) is 0 Å². The topological polar surface area (TPSA) is 83.6 Å². The van der Waals surface area contributed by atoms with Gasteiger partial charge in [0.15, 0.2) is 0 Å². The quantitative estimate of drug-likeness (QED) is 0.652. The lowest BCUT2D eigenvalue weighted by molar-refractivity contribution is -0.145. The van der Waals surface area contributed by atoms with Crippen LogP contribution in [0.15, 0.2) is 0 Å². The Morgan fingerprint density at radius 1 is 1.43 bits per heavy atom. The number of carbonyl (C=O) groups is 2. The standard InChI is InChI=1S/C9H18N2O3/c1-4-11(5-7(12)13)9(14)8(10)6(2)3/h6,8H,4-5,10H2,1-3H3,(H,12,13)/t8-/m1/s1. The molecule has 0 fully saturated rings. The van der Waals surface area contributed by atoms with Gasteiger partial charge in [0.25, 0.3) is 0 Å². The molecular weight excluding hydrogens is 184 g/mol. The average molecular weight is 202 g/mol. The Labute approximate surface area is 83.9 Å². The van der Waals surface area contributed by atoms with Crippen molar-refractivity contribution >= 4 is 11.9 Å². The molecular formula is C9H18N2O3. The molecule has 0 saturated carbocycles. The Balaban J connectivity index is 4.38. The van der Waals surface area contributed by atoms with Crippen molar-refractivity contribution in [2.24, 2.45) is 11.7 Å². The van der Waals surface area contributed by atoms with Crippen molar-refractivity contribution in [1.29, 1.82) is 0 Å². The molecule has 0 spiro atoms. The molecule has 0 rings (SSSR count). The summed E-state index contributed by atoms with van der Waals surface area (Å²) in [4.78, 5) is 23.3. The van der Waals surface area contributed by atoms with Crippen LogP contribution in [-0.4, -0.2) is 41.0 Å². The summed E-state index contributed by atoms with van der Waals surface area (Å²) in [5.41, 5.74) is 5.63. The lowest BCUT2D eigenvalue weighted by Gasteiger charge is -2.24. The van der Waals surface area contributed by atoms with Gasteiger partial charge < -0.3 is 15.7 Å². The van der Waals surface area contributed by atoms with E-state index in [1.165, 1.54) is 4.90 Å². The van der Waals surface area contributed by atoms with Crippen LogP contribution in [0.3, 0.4) is 0 Å². The normalized spacial score (nSPS) is 12.6. The largest absolute Gasteiger partial charge is 0.480 e. The predicted molar refractivity (Wildman–Crippen MR) is 52.7 cm³/mol. The molecule has 0 aliphatic carbocycles. The van der Waals surface area contributed by atoms with Crippen molar-refractivity contribution in [2.45, 2.75) is 26.8 Å². The second-order valence-corrected chi connectivity index (χ2v) is 3.52. The van der Waals surface area contributed by atoms with Gasteiger partial charge in [-0.1, -0.05) is 13.8 Å². The first kappa shape index (κ1) is 12.9. The number of hydrogen-bond donors (Lipinski definition) is 2. The van der Waals surface area contributed by atoms with Gasteiger partial charge >= 0.3 is 5.97 Å². The lowest BCUT2D eigenvalue weighted by atomic mass is 10.0. The molecule has 0 bridgehead atoms. The maximum atomic E-state index is 11.6. The van der Waals surface area contributed by atoms with Crippen LogP contribution in [-0.2, 0) is 9.59 Å². The highest BCUT2D eigenvalue weighted by atomic mass is 16.4. The van der Waals surface area contributed by atoms with Gasteiger partial charge in [0.05, 0.1) is 6.04 Å². The number of amides is 1. The van der Waals surface area contributed by atoms with Crippen LogP contribution in [0.2, 0.25) is 0 Å². The summed E-state index contributed by atoms with van der Waals surface area (Å²) in [7, 11) is 0. The van der Waals surface area contributed by atoms with E-state index in [1.54, 1.807) is 6.92 Å². The SMILES string of the molecule is CCN(CC(=O)O)C(=O)[C@H](N)C(C)C. The highest BCUT2D eigenvalue weighted by Gasteiger charge is 2.23. The molecule has 0 aliphatic heterocycles. The van der Waals surface area contributed by atoms with Gasteiger partial charge in [-0.15, -0.1) is 0 Å². The summed E-state index contributed by atoms with van der Waals surface area (Å²) >= 11 is 0. The molecule has 0 aliphatic rings. The first-order valence-corrected chi connectivity index (χ1v) is 4.66. The molecule has 14 heavy (non-hydrogen) atoms. The molecule has 5 heteroatoms. The van der Waals surface area contributed by atoms with Crippen molar-refractivity contribution in [3.05, 3.63) is 0 Å². The third kappa shape index (κ3) is 3.74. The third-order valence-electron chi connectivity index (χ3n) is 2.02. The molecule has 0 unspecified atom stereocenters. The van der Waals surface area contributed by atoms with E-state index in [9.17, 15) is 9.59 Å². The van der Waals surface area contributed by atoms with Gasteiger partial charge in [0.1, 0.15) is 6.54 Å². The van der Waals surface area contributed by atoms with Gasteiger partial charge in [-0.2, -0.15) is 0 Å².